The highest BCUT2D eigenvalue weighted by Crippen LogP contribution is 2.39. The van der Waals surface area contributed by atoms with Crippen LogP contribution < -0.4 is 0 Å². The molecule has 1 aromatic carbocycles. The molecule has 0 unspecified atom stereocenters. The molecule has 3 rings (SSSR count). The molecular weight excluding hydrogens is 240 g/mol. The fourth-order valence-electron chi connectivity index (χ4n) is 3.02. The van der Waals surface area contributed by atoms with Crippen LogP contribution in [0, 0.1) is 11.3 Å². The Kier molecular flexibility index (Phi) is 3.00. The molecule has 4 heteroatoms. The molecular formula is C15H16N2O2. The molecule has 0 saturated carbocycles. The number of hydrogen-bond acceptors (Lipinski definition) is 3. The molecule has 2 saturated heterocycles. The van der Waals surface area contributed by atoms with Gasteiger partial charge in [-0.3, -0.25) is 4.79 Å². The van der Waals surface area contributed by atoms with Gasteiger partial charge in [0.05, 0.1) is 6.07 Å². The molecule has 1 aromatic rings. The van der Waals surface area contributed by atoms with Gasteiger partial charge in [0.25, 0.3) is 5.91 Å². The third-order valence-corrected chi connectivity index (χ3v) is 4.00. The van der Waals surface area contributed by atoms with Crippen LogP contribution in [-0.2, 0) is 16.1 Å². The quantitative estimate of drug-likeness (QED) is 0.811. The largest absolute Gasteiger partial charge is 0.365 e. The lowest BCUT2D eigenvalue weighted by molar-refractivity contribution is -0.145. The van der Waals surface area contributed by atoms with Gasteiger partial charge in [-0.1, -0.05) is 30.3 Å². The average Bonchev–Trinajstić information content (AvgIpc) is 3.01. The number of nitrogens with zero attached hydrogens (tertiary/aromatic N) is 2. The molecule has 0 radical (unpaired) electrons. The van der Waals surface area contributed by atoms with E-state index in [4.69, 9.17) is 4.74 Å². The third-order valence-electron chi connectivity index (χ3n) is 4.00. The second-order valence-corrected chi connectivity index (χ2v) is 5.21. The molecule has 1 spiro atoms. The maximum absolute atomic E-state index is 12.6. The van der Waals surface area contributed by atoms with Gasteiger partial charge in [0, 0.05) is 19.6 Å². The van der Waals surface area contributed by atoms with Gasteiger partial charge in [-0.25, -0.2) is 0 Å². The summed E-state index contributed by atoms with van der Waals surface area (Å²) in [7, 11) is 0. The van der Waals surface area contributed by atoms with Crippen molar-refractivity contribution in [3.63, 3.8) is 0 Å². The SMILES string of the molecule is N#C[C@@H]1C[C@]2(CCCO2)C(=O)N1Cc1ccccc1. The van der Waals surface area contributed by atoms with Gasteiger partial charge in [0.2, 0.25) is 0 Å². The second kappa shape index (κ2) is 4.67. The van der Waals surface area contributed by atoms with Crippen molar-refractivity contribution in [2.75, 3.05) is 6.61 Å². The van der Waals surface area contributed by atoms with Crippen LogP contribution in [0.1, 0.15) is 24.8 Å². The number of amides is 1. The van der Waals surface area contributed by atoms with E-state index in [1.54, 1.807) is 4.90 Å². The third kappa shape index (κ3) is 2.00. The van der Waals surface area contributed by atoms with Gasteiger partial charge >= 0.3 is 0 Å². The number of carbonyl (C=O) groups excluding carboxylic acids is 1. The van der Waals surface area contributed by atoms with Gasteiger partial charge < -0.3 is 9.64 Å². The molecule has 2 atom stereocenters. The zero-order valence-corrected chi connectivity index (χ0v) is 10.7. The first kappa shape index (κ1) is 12.2. The minimum Gasteiger partial charge on any atom is -0.365 e. The Balaban J connectivity index is 1.84. The van der Waals surface area contributed by atoms with Gasteiger partial charge in [0.15, 0.2) is 0 Å². The first-order valence-corrected chi connectivity index (χ1v) is 6.64. The van der Waals surface area contributed by atoms with Crippen molar-refractivity contribution < 1.29 is 9.53 Å². The first-order valence-electron chi connectivity index (χ1n) is 6.64. The van der Waals surface area contributed by atoms with E-state index in [1.807, 2.05) is 30.3 Å². The van der Waals surface area contributed by atoms with E-state index >= 15 is 0 Å². The fraction of sp³-hybridized carbons (Fsp3) is 0.467. The van der Waals surface area contributed by atoms with E-state index in [0.29, 0.717) is 19.6 Å². The maximum Gasteiger partial charge on any atom is 0.256 e. The highest BCUT2D eigenvalue weighted by atomic mass is 16.5. The molecule has 0 aromatic heterocycles. The van der Waals surface area contributed by atoms with Crippen molar-refractivity contribution >= 4 is 5.91 Å². The molecule has 1 amide bonds. The van der Waals surface area contributed by atoms with Crippen LogP contribution in [0.4, 0.5) is 0 Å². The van der Waals surface area contributed by atoms with E-state index in [-0.39, 0.29) is 11.9 Å². The van der Waals surface area contributed by atoms with Gasteiger partial charge in [-0.2, -0.15) is 5.26 Å². The van der Waals surface area contributed by atoms with Crippen LogP contribution in [0.3, 0.4) is 0 Å². The summed E-state index contributed by atoms with van der Waals surface area (Å²) in [5.74, 6) is -0.0135. The van der Waals surface area contributed by atoms with Crippen molar-refractivity contribution in [2.24, 2.45) is 0 Å². The Hall–Kier alpha value is -1.86. The molecule has 98 valence electrons. The van der Waals surface area contributed by atoms with Crippen molar-refractivity contribution in [1.29, 1.82) is 5.26 Å². The van der Waals surface area contributed by atoms with Crippen LogP contribution in [0.2, 0.25) is 0 Å². The lowest BCUT2D eigenvalue weighted by atomic mass is 9.96. The van der Waals surface area contributed by atoms with Crippen LogP contribution in [0.5, 0.6) is 0 Å². The summed E-state index contributed by atoms with van der Waals surface area (Å²) in [6, 6.07) is 11.7. The summed E-state index contributed by atoms with van der Waals surface area (Å²) >= 11 is 0. The maximum atomic E-state index is 12.6. The first-order chi connectivity index (χ1) is 9.25. The summed E-state index contributed by atoms with van der Waals surface area (Å²) in [6.45, 7) is 1.12. The molecule has 2 fully saturated rings. The Morgan fingerprint density at radius 1 is 1.42 bits per heavy atom. The van der Waals surface area contributed by atoms with Gasteiger partial charge in [-0.05, 0) is 18.4 Å². The molecule has 0 aliphatic carbocycles. The summed E-state index contributed by atoms with van der Waals surface area (Å²) in [5.41, 5.74) is 0.334. The molecule has 2 heterocycles. The molecule has 2 aliphatic rings. The number of rotatable bonds is 2. The minimum atomic E-state index is -0.713. The number of likely N-dealkylation sites (tertiary alicyclic amines) is 1. The van der Waals surface area contributed by atoms with Crippen LogP contribution in [0.25, 0.3) is 0 Å². The highest BCUT2D eigenvalue weighted by molar-refractivity contribution is 5.88. The van der Waals surface area contributed by atoms with E-state index in [2.05, 4.69) is 6.07 Å². The summed E-state index contributed by atoms with van der Waals surface area (Å²) in [5, 5.41) is 9.28. The summed E-state index contributed by atoms with van der Waals surface area (Å²) in [6.07, 6.45) is 2.16. The second-order valence-electron chi connectivity index (χ2n) is 5.21. The van der Waals surface area contributed by atoms with E-state index in [0.717, 1.165) is 18.4 Å². The molecule has 2 aliphatic heterocycles. The predicted octanol–water partition coefficient (Wildman–Crippen LogP) is 1.86. The summed E-state index contributed by atoms with van der Waals surface area (Å²) in [4.78, 5) is 14.2. The van der Waals surface area contributed by atoms with Crippen LogP contribution in [0.15, 0.2) is 30.3 Å². The Bertz CT molecular complexity index is 515. The minimum absolute atomic E-state index is 0.0135. The van der Waals surface area contributed by atoms with Crippen molar-refractivity contribution in [3.8, 4) is 6.07 Å². The van der Waals surface area contributed by atoms with Crippen molar-refractivity contribution in [1.82, 2.24) is 4.90 Å². The molecule has 0 bridgehead atoms. The van der Waals surface area contributed by atoms with Crippen molar-refractivity contribution in [3.05, 3.63) is 35.9 Å². The zero-order chi connectivity index (χ0) is 13.3. The normalized spacial score (nSPS) is 29.9. The fourth-order valence-corrected chi connectivity index (χ4v) is 3.02. The number of nitriles is 1. The Labute approximate surface area is 112 Å². The topological polar surface area (TPSA) is 53.3 Å². The molecule has 19 heavy (non-hydrogen) atoms. The standard InChI is InChI=1S/C15H16N2O2/c16-10-13-9-15(7-4-8-19-15)14(18)17(13)11-12-5-2-1-3-6-12/h1-3,5-6,13H,4,7-9,11H2/t13-,15+/m0/s1. The number of hydrogen-bond donors (Lipinski definition) is 0. The number of carbonyl (C=O) groups is 1. The number of ether oxygens (including phenoxy) is 1. The number of benzene rings is 1. The summed E-state index contributed by atoms with van der Waals surface area (Å²) < 4.78 is 5.67. The monoisotopic (exact) mass is 256 g/mol. The predicted molar refractivity (Wildman–Crippen MR) is 68.9 cm³/mol. The zero-order valence-electron chi connectivity index (χ0n) is 10.7. The van der Waals surface area contributed by atoms with Crippen LogP contribution in [-0.4, -0.2) is 29.1 Å². The Morgan fingerprint density at radius 2 is 2.21 bits per heavy atom. The molecule has 0 N–H and O–H groups in total. The lowest BCUT2D eigenvalue weighted by Gasteiger charge is -2.22. The highest BCUT2D eigenvalue weighted by Gasteiger charge is 2.54. The van der Waals surface area contributed by atoms with Crippen LogP contribution >= 0.6 is 0 Å². The van der Waals surface area contributed by atoms with E-state index in [9.17, 15) is 10.1 Å². The van der Waals surface area contributed by atoms with Crippen molar-refractivity contribution in [2.45, 2.75) is 37.5 Å². The average molecular weight is 256 g/mol. The smallest absolute Gasteiger partial charge is 0.256 e. The molecule has 4 nitrogen and oxygen atoms in total. The lowest BCUT2D eigenvalue weighted by Crippen LogP contribution is -2.39. The van der Waals surface area contributed by atoms with E-state index < -0.39 is 5.60 Å². The Morgan fingerprint density at radius 3 is 2.84 bits per heavy atom. The van der Waals surface area contributed by atoms with Gasteiger partial charge in [0.1, 0.15) is 11.6 Å². The van der Waals surface area contributed by atoms with E-state index in [1.165, 1.54) is 0 Å². The van der Waals surface area contributed by atoms with Gasteiger partial charge in [-0.15, -0.1) is 0 Å².